The summed E-state index contributed by atoms with van der Waals surface area (Å²) in [5, 5.41) is 19.7. The molecule has 7 rings (SSSR count). The Balaban J connectivity index is 1.51. The van der Waals surface area contributed by atoms with Crippen LogP contribution in [0.2, 0.25) is 0 Å². The molecule has 2 heteroatoms. The van der Waals surface area contributed by atoms with Crippen molar-refractivity contribution in [2.75, 3.05) is 0 Å². The lowest BCUT2D eigenvalue weighted by atomic mass is 9.92. The number of aryl methyl sites for hydroxylation is 1. The van der Waals surface area contributed by atoms with Crippen LogP contribution < -0.4 is 0 Å². The van der Waals surface area contributed by atoms with E-state index < -0.39 is 0 Å². The third kappa shape index (κ3) is 2.71. The fourth-order valence-corrected chi connectivity index (χ4v) is 6.65. The highest BCUT2D eigenvalue weighted by Crippen LogP contribution is 2.40. The van der Waals surface area contributed by atoms with Gasteiger partial charge >= 0.3 is 0 Å². The first-order valence-electron chi connectivity index (χ1n) is 11.4. The molecular formula is C32H19NS. The predicted octanol–water partition coefficient (Wildman–Crippen LogP) is 9.36. The summed E-state index contributed by atoms with van der Waals surface area (Å²) in [5.74, 6) is 0. The lowest BCUT2D eigenvalue weighted by Gasteiger charge is -2.12. The van der Waals surface area contributed by atoms with Crippen LogP contribution >= 0.6 is 11.3 Å². The Morgan fingerprint density at radius 2 is 1.12 bits per heavy atom. The summed E-state index contributed by atoms with van der Waals surface area (Å²) < 4.78 is 2.44. The molecule has 158 valence electrons. The molecular weight excluding hydrogens is 430 g/mol. The van der Waals surface area contributed by atoms with E-state index in [0.29, 0.717) is 0 Å². The maximum absolute atomic E-state index is 9.37. The van der Waals surface area contributed by atoms with Gasteiger partial charge in [0.05, 0.1) is 11.6 Å². The van der Waals surface area contributed by atoms with Gasteiger partial charge in [0.15, 0.2) is 0 Å². The van der Waals surface area contributed by atoms with Gasteiger partial charge in [-0.15, -0.1) is 11.3 Å². The predicted molar refractivity (Wildman–Crippen MR) is 147 cm³/mol. The number of hydrogen-bond acceptors (Lipinski definition) is 2. The molecule has 0 saturated heterocycles. The molecule has 0 aliphatic carbocycles. The Kier molecular flexibility index (Phi) is 4.06. The molecule has 0 unspecified atom stereocenters. The number of nitriles is 1. The second-order valence-corrected chi connectivity index (χ2v) is 10.0. The van der Waals surface area contributed by atoms with Crippen molar-refractivity contribution in [3.8, 4) is 17.2 Å². The van der Waals surface area contributed by atoms with Gasteiger partial charge in [0.2, 0.25) is 0 Å². The molecule has 34 heavy (non-hydrogen) atoms. The Hall–Kier alpha value is -4.19. The van der Waals surface area contributed by atoms with Gasteiger partial charge in [0.1, 0.15) is 0 Å². The van der Waals surface area contributed by atoms with Gasteiger partial charge in [-0.3, -0.25) is 0 Å². The minimum absolute atomic E-state index is 0.727. The van der Waals surface area contributed by atoms with E-state index in [0.717, 1.165) is 11.1 Å². The highest BCUT2D eigenvalue weighted by molar-refractivity contribution is 7.25. The van der Waals surface area contributed by atoms with E-state index in [1.165, 1.54) is 63.6 Å². The van der Waals surface area contributed by atoms with Gasteiger partial charge in [-0.05, 0) is 86.3 Å². The lowest BCUT2D eigenvalue weighted by Crippen LogP contribution is -1.85. The summed E-state index contributed by atoms with van der Waals surface area (Å²) in [6.45, 7) is 2.11. The molecule has 1 heterocycles. The van der Waals surface area contributed by atoms with Crippen LogP contribution in [0, 0.1) is 18.3 Å². The quantitative estimate of drug-likeness (QED) is 0.229. The van der Waals surface area contributed by atoms with Crippen molar-refractivity contribution in [3.05, 3.63) is 108 Å². The number of thiophene rings is 1. The highest BCUT2D eigenvalue weighted by atomic mass is 32.1. The van der Waals surface area contributed by atoms with Crippen molar-refractivity contribution in [1.29, 1.82) is 5.26 Å². The minimum Gasteiger partial charge on any atom is -0.192 e. The van der Waals surface area contributed by atoms with Crippen molar-refractivity contribution < 1.29 is 0 Å². The second kappa shape index (κ2) is 7.15. The molecule has 0 N–H and O–H groups in total. The molecule has 1 aromatic heterocycles. The molecule has 1 nitrogen and oxygen atoms in total. The standard InChI is InChI=1S/C32H19NS/c1-19-14-20(18-33)15-31-32(19)29-17-22(11-13-30(29)34-31)21-10-12-27-25-8-3-2-6-23(25)24-7-4-5-9-26(24)28(27)16-21/h2-17H,1H3. The van der Waals surface area contributed by atoms with Crippen LogP contribution in [-0.4, -0.2) is 0 Å². The zero-order valence-corrected chi connectivity index (χ0v) is 19.4. The first kappa shape index (κ1) is 19.3. The van der Waals surface area contributed by atoms with Crippen LogP contribution in [0.5, 0.6) is 0 Å². The molecule has 0 bridgehead atoms. The van der Waals surface area contributed by atoms with E-state index in [2.05, 4.69) is 97.9 Å². The van der Waals surface area contributed by atoms with Crippen molar-refractivity contribution in [1.82, 2.24) is 0 Å². The smallest absolute Gasteiger partial charge is 0.0992 e. The Morgan fingerprint density at radius 3 is 1.76 bits per heavy atom. The molecule has 7 aromatic rings. The number of rotatable bonds is 1. The minimum atomic E-state index is 0.727. The highest BCUT2D eigenvalue weighted by Gasteiger charge is 2.12. The van der Waals surface area contributed by atoms with Crippen molar-refractivity contribution in [2.24, 2.45) is 0 Å². The van der Waals surface area contributed by atoms with E-state index in [9.17, 15) is 5.26 Å². The number of nitrogens with zero attached hydrogens (tertiary/aromatic N) is 1. The molecule has 0 spiro atoms. The summed E-state index contributed by atoms with van der Waals surface area (Å²) in [6.07, 6.45) is 0. The van der Waals surface area contributed by atoms with Crippen LogP contribution in [0.25, 0.3) is 63.6 Å². The first-order chi connectivity index (χ1) is 16.7. The summed E-state index contributed by atoms with van der Waals surface area (Å²) in [4.78, 5) is 0. The molecule has 0 amide bonds. The first-order valence-corrected chi connectivity index (χ1v) is 12.2. The van der Waals surface area contributed by atoms with Gasteiger partial charge in [-0.2, -0.15) is 5.26 Å². The van der Waals surface area contributed by atoms with E-state index >= 15 is 0 Å². The third-order valence-electron chi connectivity index (χ3n) is 6.97. The normalized spacial score (nSPS) is 11.6. The van der Waals surface area contributed by atoms with Crippen molar-refractivity contribution in [2.45, 2.75) is 6.92 Å². The van der Waals surface area contributed by atoms with Crippen LogP contribution in [0.1, 0.15) is 11.1 Å². The molecule has 0 saturated carbocycles. The molecule has 6 aromatic carbocycles. The summed E-state index contributed by atoms with van der Waals surface area (Å²) >= 11 is 1.76. The van der Waals surface area contributed by atoms with Gasteiger partial charge in [-0.1, -0.05) is 66.7 Å². The molecule has 0 radical (unpaired) electrons. The summed E-state index contributed by atoms with van der Waals surface area (Å²) in [6, 6.07) is 37.4. The topological polar surface area (TPSA) is 23.8 Å². The zero-order chi connectivity index (χ0) is 22.8. The van der Waals surface area contributed by atoms with Gasteiger partial charge < -0.3 is 0 Å². The Morgan fingerprint density at radius 1 is 0.559 bits per heavy atom. The summed E-state index contributed by atoms with van der Waals surface area (Å²) in [5.41, 5.74) is 4.33. The maximum Gasteiger partial charge on any atom is 0.0992 e. The van der Waals surface area contributed by atoms with Gasteiger partial charge in [-0.25, -0.2) is 0 Å². The summed E-state index contributed by atoms with van der Waals surface area (Å²) in [7, 11) is 0. The molecule has 0 fully saturated rings. The fraction of sp³-hybridized carbons (Fsp3) is 0.0312. The van der Waals surface area contributed by atoms with E-state index in [4.69, 9.17) is 0 Å². The number of benzene rings is 6. The van der Waals surface area contributed by atoms with E-state index in [-0.39, 0.29) is 0 Å². The SMILES string of the molecule is Cc1cc(C#N)cc2sc3ccc(-c4ccc5c6ccccc6c6ccccc6c5c4)cc3c12. The molecule has 0 aliphatic heterocycles. The van der Waals surface area contributed by atoms with E-state index in [1.54, 1.807) is 11.3 Å². The molecule has 0 atom stereocenters. The van der Waals surface area contributed by atoms with Crippen LogP contribution in [0.15, 0.2) is 97.1 Å². The fourth-order valence-electron chi connectivity index (χ4n) is 5.44. The van der Waals surface area contributed by atoms with Gasteiger partial charge in [0.25, 0.3) is 0 Å². The van der Waals surface area contributed by atoms with Crippen LogP contribution in [0.3, 0.4) is 0 Å². The average Bonchev–Trinajstić information content (AvgIpc) is 3.26. The van der Waals surface area contributed by atoms with Crippen molar-refractivity contribution in [3.63, 3.8) is 0 Å². The average molecular weight is 450 g/mol. The van der Waals surface area contributed by atoms with Crippen molar-refractivity contribution >= 4 is 63.8 Å². The second-order valence-electron chi connectivity index (χ2n) is 8.94. The number of fused-ring (bicyclic) bond motifs is 9. The lowest BCUT2D eigenvalue weighted by molar-refractivity contribution is 1.47. The maximum atomic E-state index is 9.37. The third-order valence-corrected chi connectivity index (χ3v) is 8.09. The van der Waals surface area contributed by atoms with E-state index in [1.807, 2.05) is 12.1 Å². The van der Waals surface area contributed by atoms with Gasteiger partial charge in [0, 0.05) is 20.2 Å². The Bertz CT molecular complexity index is 1950. The van der Waals surface area contributed by atoms with Crippen LogP contribution in [-0.2, 0) is 0 Å². The molecule has 0 aliphatic rings. The van der Waals surface area contributed by atoms with Crippen LogP contribution in [0.4, 0.5) is 0 Å². The monoisotopic (exact) mass is 449 g/mol. The number of hydrogen-bond donors (Lipinski definition) is 0. The Labute approximate surface area is 201 Å². The zero-order valence-electron chi connectivity index (χ0n) is 18.6. The largest absolute Gasteiger partial charge is 0.192 e.